The number of carbonyl (C=O) groups is 2. The molecule has 4 nitrogen and oxygen atoms in total. The fraction of sp³-hybridized carbons (Fsp3) is 0.231. The largest absolute Gasteiger partial charge is 0.326 e. The van der Waals surface area contributed by atoms with Crippen molar-refractivity contribution in [1.82, 2.24) is 0 Å². The Balaban J connectivity index is 1.60. The van der Waals surface area contributed by atoms with Crippen molar-refractivity contribution < 1.29 is 9.59 Å². The molecule has 166 valence electrons. The van der Waals surface area contributed by atoms with Crippen molar-refractivity contribution in [3.63, 3.8) is 0 Å². The molecule has 0 bridgehead atoms. The first kappa shape index (κ1) is 23.8. The van der Waals surface area contributed by atoms with Crippen LogP contribution in [0.4, 0.5) is 11.4 Å². The van der Waals surface area contributed by atoms with Gasteiger partial charge in [0.1, 0.15) is 0 Å². The average Bonchev–Trinajstić information content (AvgIpc) is 2.73. The molecule has 2 amide bonds. The minimum absolute atomic E-state index is 0.0265. The van der Waals surface area contributed by atoms with Gasteiger partial charge < -0.3 is 10.6 Å². The molecule has 0 spiro atoms. The summed E-state index contributed by atoms with van der Waals surface area (Å²) in [5.74, 6) is -0.371. The first-order valence-corrected chi connectivity index (χ1v) is 11.1. The van der Waals surface area contributed by atoms with Crippen LogP contribution in [0.15, 0.2) is 66.7 Å². The SMILES string of the molecule is CC(C)(C)c1ccc(C(=O)Nc2cccc(NC(=O)CCc3c(Cl)cccc3Cl)c2)cc1. The molecular weight excluding hydrogens is 443 g/mol. The molecular formula is C26H26Cl2N2O2. The summed E-state index contributed by atoms with van der Waals surface area (Å²) in [4.78, 5) is 25.0. The summed E-state index contributed by atoms with van der Waals surface area (Å²) < 4.78 is 0. The highest BCUT2D eigenvalue weighted by atomic mass is 35.5. The minimum Gasteiger partial charge on any atom is -0.326 e. The molecule has 0 aliphatic carbocycles. The molecule has 2 N–H and O–H groups in total. The van der Waals surface area contributed by atoms with Crippen LogP contribution in [-0.2, 0) is 16.6 Å². The van der Waals surface area contributed by atoms with E-state index < -0.39 is 0 Å². The van der Waals surface area contributed by atoms with Gasteiger partial charge in [-0.1, -0.05) is 68.2 Å². The number of anilines is 2. The number of rotatable bonds is 6. The topological polar surface area (TPSA) is 58.2 Å². The molecule has 6 heteroatoms. The highest BCUT2D eigenvalue weighted by molar-refractivity contribution is 6.36. The van der Waals surface area contributed by atoms with Crippen LogP contribution in [0.3, 0.4) is 0 Å². The third-order valence-electron chi connectivity index (χ3n) is 5.08. The number of hydrogen-bond acceptors (Lipinski definition) is 2. The molecule has 3 aromatic carbocycles. The summed E-state index contributed by atoms with van der Waals surface area (Å²) in [6.45, 7) is 6.39. The summed E-state index contributed by atoms with van der Waals surface area (Å²) in [5, 5.41) is 6.82. The fourth-order valence-corrected chi connectivity index (χ4v) is 3.82. The van der Waals surface area contributed by atoms with Gasteiger partial charge in [0, 0.05) is 33.4 Å². The van der Waals surface area contributed by atoms with Gasteiger partial charge in [0.25, 0.3) is 5.91 Å². The standard InChI is InChI=1S/C26H26Cl2N2O2/c1-26(2,3)18-12-10-17(11-13-18)25(32)30-20-7-4-6-19(16-20)29-24(31)15-14-21-22(27)8-5-9-23(21)28/h4-13,16H,14-15H2,1-3H3,(H,29,31)(H,30,32). The molecule has 3 rings (SSSR count). The highest BCUT2D eigenvalue weighted by Crippen LogP contribution is 2.26. The van der Waals surface area contributed by atoms with E-state index in [0.717, 1.165) is 11.1 Å². The van der Waals surface area contributed by atoms with Crippen LogP contribution in [-0.4, -0.2) is 11.8 Å². The normalized spacial score (nSPS) is 11.2. The van der Waals surface area contributed by atoms with Crippen LogP contribution in [0.1, 0.15) is 48.7 Å². The Bertz CT molecular complexity index is 1100. The first-order valence-electron chi connectivity index (χ1n) is 10.4. The van der Waals surface area contributed by atoms with Gasteiger partial charge in [0.2, 0.25) is 5.91 Å². The Morgan fingerprint density at radius 3 is 1.97 bits per heavy atom. The lowest BCUT2D eigenvalue weighted by atomic mass is 9.87. The Morgan fingerprint density at radius 2 is 1.38 bits per heavy atom. The number of amides is 2. The lowest BCUT2D eigenvalue weighted by Crippen LogP contribution is -2.15. The monoisotopic (exact) mass is 468 g/mol. The summed E-state index contributed by atoms with van der Waals surface area (Å²) in [7, 11) is 0. The van der Waals surface area contributed by atoms with E-state index in [1.807, 2.05) is 24.3 Å². The fourth-order valence-electron chi connectivity index (χ4n) is 3.23. The zero-order valence-corrected chi connectivity index (χ0v) is 19.8. The lowest BCUT2D eigenvalue weighted by Gasteiger charge is -2.19. The molecule has 0 fully saturated rings. The van der Waals surface area contributed by atoms with Crippen LogP contribution in [0.5, 0.6) is 0 Å². The number of benzene rings is 3. The second-order valence-electron chi connectivity index (χ2n) is 8.61. The zero-order chi connectivity index (χ0) is 23.3. The van der Waals surface area contributed by atoms with E-state index in [2.05, 4.69) is 31.4 Å². The molecule has 0 aliphatic rings. The molecule has 0 saturated heterocycles. The number of nitrogens with one attached hydrogen (secondary N) is 2. The smallest absolute Gasteiger partial charge is 0.255 e. The minimum atomic E-state index is -0.206. The van der Waals surface area contributed by atoms with Crippen molar-refractivity contribution in [2.45, 2.75) is 39.0 Å². The number of hydrogen-bond donors (Lipinski definition) is 2. The summed E-state index contributed by atoms with van der Waals surface area (Å²) in [6, 6.07) is 19.9. The van der Waals surface area contributed by atoms with Crippen LogP contribution in [0.25, 0.3) is 0 Å². The third-order valence-corrected chi connectivity index (χ3v) is 5.79. The maximum Gasteiger partial charge on any atom is 0.255 e. The summed E-state index contributed by atoms with van der Waals surface area (Å²) >= 11 is 12.3. The second-order valence-corrected chi connectivity index (χ2v) is 9.43. The highest BCUT2D eigenvalue weighted by Gasteiger charge is 2.15. The molecule has 0 radical (unpaired) electrons. The van der Waals surface area contributed by atoms with E-state index >= 15 is 0 Å². The zero-order valence-electron chi connectivity index (χ0n) is 18.3. The molecule has 0 aromatic heterocycles. The van der Waals surface area contributed by atoms with E-state index in [1.54, 1.807) is 42.5 Å². The third kappa shape index (κ3) is 6.35. The molecule has 0 atom stereocenters. The maximum absolute atomic E-state index is 12.6. The van der Waals surface area contributed by atoms with E-state index in [1.165, 1.54) is 0 Å². The van der Waals surface area contributed by atoms with Gasteiger partial charge in [-0.15, -0.1) is 0 Å². The molecule has 0 unspecified atom stereocenters. The Labute approximate surface area is 198 Å². The number of carbonyl (C=O) groups excluding carboxylic acids is 2. The quantitative estimate of drug-likeness (QED) is 0.404. The summed E-state index contributed by atoms with van der Waals surface area (Å²) in [6.07, 6.45) is 0.672. The van der Waals surface area contributed by atoms with Crippen molar-refractivity contribution in [2.24, 2.45) is 0 Å². The van der Waals surface area contributed by atoms with Gasteiger partial charge in [0.15, 0.2) is 0 Å². The van der Waals surface area contributed by atoms with E-state index in [0.29, 0.717) is 33.4 Å². The Kier molecular flexibility index (Phi) is 7.60. The van der Waals surface area contributed by atoms with Gasteiger partial charge >= 0.3 is 0 Å². The number of halogens is 2. The first-order chi connectivity index (χ1) is 15.1. The van der Waals surface area contributed by atoms with E-state index in [-0.39, 0.29) is 23.7 Å². The predicted octanol–water partition coefficient (Wildman–Crippen LogP) is 7.11. The van der Waals surface area contributed by atoms with Crippen LogP contribution in [0.2, 0.25) is 10.0 Å². The van der Waals surface area contributed by atoms with Gasteiger partial charge in [-0.2, -0.15) is 0 Å². The van der Waals surface area contributed by atoms with E-state index in [9.17, 15) is 9.59 Å². The average molecular weight is 469 g/mol. The van der Waals surface area contributed by atoms with E-state index in [4.69, 9.17) is 23.2 Å². The van der Waals surface area contributed by atoms with Gasteiger partial charge in [-0.3, -0.25) is 9.59 Å². The molecule has 0 aliphatic heterocycles. The van der Waals surface area contributed by atoms with Gasteiger partial charge in [-0.05, 0) is 65.4 Å². The van der Waals surface area contributed by atoms with Crippen molar-refractivity contribution in [3.8, 4) is 0 Å². The Hall–Kier alpha value is -2.82. The van der Waals surface area contributed by atoms with Crippen LogP contribution < -0.4 is 10.6 Å². The van der Waals surface area contributed by atoms with Crippen molar-refractivity contribution in [1.29, 1.82) is 0 Å². The Morgan fingerprint density at radius 1 is 0.812 bits per heavy atom. The van der Waals surface area contributed by atoms with Crippen LogP contribution >= 0.6 is 23.2 Å². The molecule has 0 heterocycles. The summed E-state index contributed by atoms with van der Waals surface area (Å²) in [5.41, 5.74) is 3.71. The van der Waals surface area contributed by atoms with Crippen molar-refractivity contribution in [2.75, 3.05) is 10.6 Å². The van der Waals surface area contributed by atoms with Gasteiger partial charge in [-0.25, -0.2) is 0 Å². The van der Waals surface area contributed by atoms with Gasteiger partial charge in [0.05, 0.1) is 0 Å². The second kappa shape index (κ2) is 10.2. The maximum atomic E-state index is 12.6. The lowest BCUT2D eigenvalue weighted by molar-refractivity contribution is -0.116. The van der Waals surface area contributed by atoms with Crippen LogP contribution in [0, 0.1) is 0 Å². The molecule has 32 heavy (non-hydrogen) atoms. The predicted molar refractivity (Wildman–Crippen MR) is 133 cm³/mol. The van der Waals surface area contributed by atoms with Crippen molar-refractivity contribution in [3.05, 3.63) is 93.5 Å². The van der Waals surface area contributed by atoms with Crippen molar-refractivity contribution >= 4 is 46.4 Å². The molecule has 0 saturated carbocycles. The molecule has 3 aromatic rings.